The van der Waals surface area contributed by atoms with Crippen molar-refractivity contribution in [1.29, 1.82) is 5.26 Å². The van der Waals surface area contributed by atoms with Crippen LogP contribution in [0.2, 0.25) is 0 Å². The average molecular weight is 768 g/mol. The summed E-state index contributed by atoms with van der Waals surface area (Å²) in [6, 6.07) is 14.2. The lowest BCUT2D eigenvalue weighted by atomic mass is 9.81. The Hall–Kier alpha value is -5.53. The van der Waals surface area contributed by atoms with Gasteiger partial charge in [0.2, 0.25) is 6.33 Å². The highest BCUT2D eigenvalue weighted by molar-refractivity contribution is 7.10. The van der Waals surface area contributed by atoms with Crippen LogP contribution in [0.25, 0.3) is 11.3 Å². The molecule has 10 nitrogen and oxygen atoms in total. The Kier molecular flexibility index (Phi) is 11.9. The number of aromatic nitrogens is 4. The first-order chi connectivity index (χ1) is 25.5. The van der Waals surface area contributed by atoms with E-state index >= 15 is 4.39 Å². The molecule has 16 heteroatoms. The van der Waals surface area contributed by atoms with E-state index in [9.17, 15) is 27.2 Å². The fraction of sp³-hybridized carbons (Fsp3) is 0.316. The second-order valence-electron chi connectivity index (χ2n) is 13.1. The molecule has 0 aliphatic carbocycles. The zero-order valence-electron chi connectivity index (χ0n) is 29.7. The van der Waals surface area contributed by atoms with Gasteiger partial charge in [-0.15, -0.1) is 16.0 Å². The van der Waals surface area contributed by atoms with Crippen LogP contribution in [-0.2, 0) is 33.0 Å². The molecule has 0 aliphatic heterocycles. The largest absolute Gasteiger partial charge is 0.490 e. The number of esters is 2. The molecule has 2 aromatic heterocycles. The van der Waals surface area contributed by atoms with Crippen LogP contribution >= 0.6 is 11.3 Å². The minimum absolute atomic E-state index is 0.0919. The predicted octanol–water partition coefficient (Wildman–Crippen LogP) is 6.95. The van der Waals surface area contributed by atoms with Crippen LogP contribution in [-0.4, -0.2) is 38.9 Å². The third kappa shape index (κ3) is 9.15. The zero-order valence-corrected chi connectivity index (χ0v) is 30.5. The molecule has 0 aliphatic rings. The van der Waals surface area contributed by atoms with E-state index in [4.69, 9.17) is 20.5 Å². The highest BCUT2D eigenvalue weighted by atomic mass is 32.1. The van der Waals surface area contributed by atoms with E-state index in [1.165, 1.54) is 24.3 Å². The van der Waals surface area contributed by atoms with Crippen molar-refractivity contribution in [2.45, 2.75) is 77.4 Å². The van der Waals surface area contributed by atoms with Gasteiger partial charge in [0.05, 0.1) is 29.8 Å². The minimum Gasteiger partial charge on any atom is -0.443 e. The Morgan fingerprint density at radius 2 is 1.80 bits per heavy atom. The van der Waals surface area contributed by atoms with Gasteiger partial charge < -0.3 is 15.2 Å². The smallest absolute Gasteiger partial charge is 0.443 e. The molecule has 3 unspecified atom stereocenters. The number of hydrogen-bond donors (Lipinski definition) is 1. The molecule has 0 spiro atoms. The Bertz CT molecular complexity index is 2200. The second kappa shape index (κ2) is 16.2. The van der Waals surface area contributed by atoms with Crippen LogP contribution in [0, 0.1) is 36.8 Å². The van der Waals surface area contributed by atoms with Crippen molar-refractivity contribution >= 4 is 23.3 Å². The highest BCUT2D eigenvalue weighted by Crippen LogP contribution is 2.45. The molecule has 2 heterocycles. The number of alkyl halides is 3. The molecule has 0 saturated carbocycles. The zero-order chi connectivity index (χ0) is 39.4. The van der Waals surface area contributed by atoms with Crippen molar-refractivity contribution < 1.29 is 45.6 Å². The maximum Gasteiger partial charge on any atom is 0.490 e. The van der Waals surface area contributed by atoms with Gasteiger partial charge in [0.15, 0.2) is 5.60 Å². The third-order valence-corrected chi connectivity index (χ3v) is 9.72. The standard InChI is InChI=1S/C38H36F5N6O4S/c1-22-13-23(2)34(52-33(50)12-5-24(3)45)28(14-22)17-48-20-46-49(21-48)19-37(53-36(51)38(41,42)43,30-11-10-29(39)15-31(30)40)25(4)35-47-32(18-54-35)27-8-6-26(16-44)7-9-27/h6-11,13-15,18,20-21,24-25H,5,12,17,19,45H2,1-4H3/q+1. The average Bonchev–Trinajstić information content (AvgIpc) is 3.78. The molecule has 5 aromatic rings. The lowest BCUT2D eigenvalue weighted by molar-refractivity contribution is -0.689. The summed E-state index contributed by atoms with van der Waals surface area (Å²) in [6.07, 6.45) is -2.20. The lowest BCUT2D eigenvalue weighted by Crippen LogP contribution is -2.45. The summed E-state index contributed by atoms with van der Waals surface area (Å²) in [5, 5.41) is 15.3. The summed E-state index contributed by atoms with van der Waals surface area (Å²) >= 11 is 1.03. The van der Waals surface area contributed by atoms with Crippen molar-refractivity contribution in [1.82, 2.24) is 14.8 Å². The quantitative estimate of drug-likeness (QED) is 0.0589. The fourth-order valence-electron chi connectivity index (χ4n) is 6.00. The van der Waals surface area contributed by atoms with Gasteiger partial charge in [0, 0.05) is 45.7 Å². The summed E-state index contributed by atoms with van der Waals surface area (Å²) in [5.74, 6) is -6.28. The number of nitrogens with two attached hydrogens (primary N) is 1. The first kappa shape index (κ1) is 39.7. The Balaban J connectivity index is 1.57. The van der Waals surface area contributed by atoms with E-state index in [1.54, 1.807) is 48.1 Å². The topological polar surface area (TPSA) is 137 Å². The van der Waals surface area contributed by atoms with Gasteiger partial charge >= 0.3 is 18.1 Å². The van der Waals surface area contributed by atoms with E-state index in [2.05, 4.69) is 10.1 Å². The maximum atomic E-state index is 15.8. The van der Waals surface area contributed by atoms with Crippen LogP contribution in [0.1, 0.15) is 65.4 Å². The van der Waals surface area contributed by atoms with Crippen molar-refractivity contribution in [2.75, 3.05) is 0 Å². The second-order valence-corrected chi connectivity index (χ2v) is 13.9. The number of carbonyl (C=O) groups is 2. The monoisotopic (exact) mass is 767 g/mol. The third-order valence-electron chi connectivity index (χ3n) is 8.69. The van der Waals surface area contributed by atoms with E-state index in [1.807, 2.05) is 25.1 Å². The molecular formula is C38H36F5N6O4S+. The first-order valence-corrected chi connectivity index (χ1v) is 17.6. The number of aryl methyl sites for hydroxylation is 2. The predicted molar refractivity (Wildman–Crippen MR) is 187 cm³/mol. The molecule has 0 bridgehead atoms. The summed E-state index contributed by atoms with van der Waals surface area (Å²) in [7, 11) is 0. The van der Waals surface area contributed by atoms with Crippen LogP contribution in [0.4, 0.5) is 22.0 Å². The molecular weight excluding hydrogens is 732 g/mol. The van der Waals surface area contributed by atoms with Crippen molar-refractivity contribution in [3.63, 3.8) is 0 Å². The molecule has 3 atom stereocenters. The number of halogens is 5. The number of nitrogens with zero attached hydrogens (tertiary/aromatic N) is 5. The normalized spacial score (nSPS) is 13.8. The van der Waals surface area contributed by atoms with Crippen molar-refractivity contribution in [3.8, 4) is 23.1 Å². The van der Waals surface area contributed by atoms with Gasteiger partial charge in [-0.2, -0.15) is 18.4 Å². The number of carbonyl (C=O) groups excluding carboxylic acids is 2. The Morgan fingerprint density at radius 1 is 1.07 bits per heavy atom. The Morgan fingerprint density at radius 3 is 2.44 bits per heavy atom. The molecule has 3 aromatic carbocycles. The molecule has 0 saturated heterocycles. The number of ether oxygens (including phenoxy) is 2. The number of rotatable bonds is 13. The SMILES string of the molecule is Cc1cc(C)c(OC(=O)CCC(C)N)c(C[n+]2cnn(CC(OC(=O)C(F)(F)F)(c3ccc(F)cc3F)C(C)c3nc(-c4ccc(C#N)cc4)cs3)c2)c1. The van der Waals surface area contributed by atoms with Gasteiger partial charge in [-0.25, -0.2) is 23.1 Å². The van der Waals surface area contributed by atoms with E-state index in [0.29, 0.717) is 46.2 Å². The molecule has 0 fully saturated rings. The van der Waals surface area contributed by atoms with Crippen LogP contribution in [0.15, 0.2) is 72.6 Å². The molecule has 54 heavy (non-hydrogen) atoms. The van der Waals surface area contributed by atoms with Crippen molar-refractivity contribution in [3.05, 3.63) is 117 Å². The van der Waals surface area contributed by atoms with Crippen LogP contribution in [0.5, 0.6) is 5.75 Å². The van der Waals surface area contributed by atoms with Gasteiger partial charge in [0.25, 0.3) is 6.33 Å². The highest BCUT2D eigenvalue weighted by Gasteiger charge is 2.53. The summed E-state index contributed by atoms with van der Waals surface area (Å²) in [5.41, 5.74) is 6.32. The number of thiazole rings is 1. The Labute approximate surface area is 311 Å². The molecule has 2 N–H and O–H groups in total. The number of nitriles is 1. The van der Waals surface area contributed by atoms with Gasteiger partial charge in [-0.3, -0.25) is 4.79 Å². The lowest BCUT2D eigenvalue weighted by Gasteiger charge is -2.36. The molecule has 0 radical (unpaired) electrons. The van der Waals surface area contributed by atoms with Gasteiger partial charge in [-0.1, -0.05) is 30.7 Å². The number of benzene rings is 3. The minimum atomic E-state index is -5.49. The van der Waals surface area contributed by atoms with E-state index in [0.717, 1.165) is 29.0 Å². The number of hydrogen-bond acceptors (Lipinski definition) is 9. The van der Waals surface area contributed by atoms with E-state index in [-0.39, 0.29) is 24.0 Å². The summed E-state index contributed by atoms with van der Waals surface area (Å²) in [4.78, 5) is 30.0. The maximum absolute atomic E-state index is 15.8. The summed E-state index contributed by atoms with van der Waals surface area (Å²) in [6.45, 7) is 6.27. The molecule has 282 valence electrons. The van der Waals surface area contributed by atoms with Gasteiger partial charge in [-0.05, 0) is 63.1 Å². The first-order valence-electron chi connectivity index (χ1n) is 16.7. The van der Waals surface area contributed by atoms with Crippen molar-refractivity contribution in [2.24, 2.45) is 5.73 Å². The van der Waals surface area contributed by atoms with Crippen LogP contribution in [0.3, 0.4) is 0 Å². The molecule has 5 rings (SSSR count). The van der Waals surface area contributed by atoms with E-state index < -0.39 is 53.4 Å². The van der Waals surface area contributed by atoms with Crippen LogP contribution < -0.4 is 15.0 Å². The molecule has 0 amide bonds. The van der Waals surface area contributed by atoms with Gasteiger partial charge in [0.1, 0.15) is 28.9 Å². The fourth-order valence-corrected chi connectivity index (χ4v) is 6.97. The summed E-state index contributed by atoms with van der Waals surface area (Å²) < 4.78 is 85.6.